The molecular formula is C17H13ClN4O3S. The first-order chi connectivity index (χ1) is 12.5. The topological polar surface area (TPSA) is 98.0 Å². The number of anilines is 1. The molecule has 1 amide bonds. The molecule has 1 aromatic heterocycles. The van der Waals surface area contributed by atoms with Gasteiger partial charge in [0.05, 0.1) is 15.5 Å². The van der Waals surface area contributed by atoms with Gasteiger partial charge in [-0.1, -0.05) is 53.3 Å². The molecule has 0 saturated carbocycles. The Morgan fingerprint density at radius 1 is 1.15 bits per heavy atom. The van der Waals surface area contributed by atoms with Gasteiger partial charge in [0.15, 0.2) is 0 Å². The quantitative estimate of drug-likeness (QED) is 0.505. The van der Waals surface area contributed by atoms with Crippen molar-refractivity contribution in [3.8, 4) is 0 Å². The lowest BCUT2D eigenvalue weighted by Crippen LogP contribution is -2.12. The Morgan fingerprint density at radius 3 is 2.65 bits per heavy atom. The van der Waals surface area contributed by atoms with Crippen LogP contribution in [0.3, 0.4) is 0 Å². The van der Waals surface area contributed by atoms with Crippen LogP contribution >= 0.6 is 22.9 Å². The minimum absolute atomic E-state index is 0.0157. The summed E-state index contributed by atoms with van der Waals surface area (Å²) in [5.74, 6) is -0.565. The van der Waals surface area contributed by atoms with Crippen LogP contribution in [-0.4, -0.2) is 21.0 Å². The summed E-state index contributed by atoms with van der Waals surface area (Å²) in [4.78, 5) is 22.6. The lowest BCUT2D eigenvalue weighted by atomic mass is 10.1. The number of hydrogen-bond acceptors (Lipinski definition) is 6. The standard InChI is InChI=1S/C17H13ClN4O3S/c18-14-8-7-12(22(24)25)10-13(14)16(23)19-17-21-20-15(26-17)9-6-11-4-2-1-3-5-11/h1-5,7-8,10H,6,9H2,(H,19,21,23). The number of nitro groups is 1. The van der Waals surface area contributed by atoms with Crippen LogP contribution in [0.15, 0.2) is 48.5 Å². The van der Waals surface area contributed by atoms with Crippen molar-refractivity contribution in [3.63, 3.8) is 0 Å². The maximum atomic E-state index is 12.3. The zero-order valence-electron chi connectivity index (χ0n) is 13.4. The number of carbonyl (C=O) groups excluding carboxylic acids is 1. The fourth-order valence-corrected chi connectivity index (χ4v) is 3.20. The molecule has 0 atom stereocenters. The number of non-ortho nitro benzene ring substituents is 1. The minimum Gasteiger partial charge on any atom is -0.296 e. The highest BCUT2D eigenvalue weighted by atomic mass is 35.5. The van der Waals surface area contributed by atoms with Gasteiger partial charge in [-0.05, 0) is 18.1 Å². The third-order valence-electron chi connectivity index (χ3n) is 3.56. The van der Waals surface area contributed by atoms with Crippen molar-refractivity contribution in [3.05, 3.63) is 79.8 Å². The fraction of sp³-hybridized carbons (Fsp3) is 0.118. The molecule has 0 saturated heterocycles. The molecule has 0 bridgehead atoms. The second kappa shape index (κ2) is 8.03. The van der Waals surface area contributed by atoms with Crippen LogP contribution in [0.4, 0.5) is 10.8 Å². The van der Waals surface area contributed by atoms with Crippen LogP contribution in [0.5, 0.6) is 0 Å². The van der Waals surface area contributed by atoms with Crippen molar-refractivity contribution in [2.75, 3.05) is 5.32 Å². The summed E-state index contributed by atoms with van der Waals surface area (Å²) in [7, 11) is 0. The van der Waals surface area contributed by atoms with E-state index >= 15 is 0 Å². The molecule has 0 fully saturated rings. The number of halogens is 1. The summed E-state index contributed by atoms with van der Waals surface area (Å²) in [5.41, 5.74) is 0.999. The Balaban J connectivity index is 1.66. The molecule has 0 aliphatic rings. The Labute approximate surface area is 157 Å². The number of rotatable bonds is 6. The van der Waals surface area contributed by atoms with Crippen molar-refractivity contribution in [2.45, 2.75) is 12.8 Å². The van der Waals surface area contributed by atoms with Gasteiger partial charge in [0.1, 0.15) is 5.01 Å². The van der Waals surface area contributed by atoms with Crippen LogP contribution in [-0.2, 0) is 12.8 Å². The van der Waals surface area contributed by atoms with Crippen molar-refractivity contribution >= 4 is 39.7 Å². The van der Waals surface area contributed by atoms with Gasteiger partial charge >= 0.3 is 0 Å². The molecule has 0 aliphatic carbocycles. The van der Waals surface area contributed by atoms with E-state index in [1.54, 1.807) is 0 Å². The van der Waals surface area contributed by atoms with Crippen LogP contribution in [0.25, 0.3) is 0 Å². The number of hydrogen-bond donors (Lipinski definition) is 1. The average Bonchev–Trinajstić information content (AvgIpc) is 3.08. The number of nitro benzene ring substituents is 1. The van der Waals surface area contributed by atoms with Gasteiger partial charge in [-0.25, -0.2) is 0 Å². The molecule has 1 heterocycles. The molecule has 1 N–H and O–H groups in total. The van der Waals surface area contributed by atoms with Crippen molar-refractivity contribution < 1.29 is 9.72 Å². The summed E-state index contributed by atoms with van der Waals surface area (Å²) >= 11 is 7.23. The maximum absolute atomic E-state index is 12.3. The molecule has 7 nitrogen and oxygen atoms in total. The number of nitrogens with one attached hydrogen (secondary N) is 1. The smallest absolute Gasteiger partial charge is 0.270 e. The predicted molar refractivity (Wildman–Crippen MR) is 99.8 cm³/mol. The molecular weight excluding hydrogens is 376 g/mol. The van der Waals surface area contributed by atoms with E-state index < -0.39 is 10.8 Å². The number of benzene rings is 2. The third-order valence-corrected chi connectivity index (χ3v) is 4.79. The van der Waals surface area contributed by atoms with E-state index in [2.05, 4.69) is 15.5 Å². The van der Waals surface area contributed by atoms with Crippen LogP contribution in [0, 0.1) is 10.1 Å². The van der Waals surface area contributed by atoms with E-state index in [0.29, 0.717) is 11.6 Å². The summed E-state index contributed by atoms with van der Waals surface area (Å²) < 4.78 is 0. The van der Waals surface area contributed by atoms with Gasteiger partial charge in [-0.3, -0.25) is 20.2 Å². The third kappa shape index (κ3) is 4.41. The van der Waals surface area contributed by atoms with Gasteiger partial charge in [-0.15, -0.1) is 10.2 Å². The fourth-order valence-electron chi connectivity index (χ4n) is 2.27. The average molecular weight is 389 g/mol. The summed E-state index contributed by atoms with van der Waals surface area (Å²) in [6.07, 6.45) is 1.52. The Morgan fingerprint density at radius 2 is 1.92 bits per heavy atom. The first kappa shape index (κ1) is 18.0. The number of aromatic nitrogens is 2. The predicted octanol–water partition coefficient (Wildman–Crippen LogP) is 4.14. The molecule has 0 spiro atoms. The highest BCUT2D eigenvalue weighted by molar-refractivity contribution is 7.15. The van der Waals surface area contributed by atoms with Gasteiger partial charge in [0.2, 0.25) is 5.13 Å². The molecule has 0 unspecified atom stereocenters. The van der Waals surface area contributed by atoms with E-state index in [1.807, 2.05) is 30.3 Å². The second-order valence-electron chi connectivity index (χ2n) is 5.36. The van der Waals surface area contributed by atoms with Crippen molar-refractivity contribution in [1.82, 2.24) is 10.2 Å². The molecule has 3 aromatic rings. The molecule has 9 heteroatoms. The normalized spacial score (nSPS) is 10.5. The maximum Gasteiger partial charge on any atom is 0.270 e. The first-order valence-corrected chi connectivity index (χ1v) is 8.84. The molecule has 0 aliphatic heterocycles. The molecule has 2 aromatic carbocycles. The van der Waals surface area contributed by atoms with Crippen molar-refractivity contribution in [2.24, 2.45) is 0 Å². The highest BCUT2D eigenvalue weighted by Crippen LogP contribution is 2.24. The van der Waals surface area contributed by atoms with E-state index in [4.69, 9.17) is 11.6 Å². The second-order valence-corrected chi connectivity index (χ2v) is 6.83. The molecule has 132 valence electrons. The van der Waals surface area contributed by atoms with Crippen LogP contribution in [0.2, 0.25) is 5.02 Å². The van der Waals surface area contributed by atoms with E-state index in [1.165, 1.54) is 29.0 Å². The molecule has 26 heavy (non-hydrogen) atoms. The Kier molecular flexibility index (Phi) is 5.55. The lowest BCUT2D eigenvalue weighted by molar-refractivity contribution is -0.384. The van der Waals surface area contributed by atoms with Gasteiger partial charge in [0, 0.05) is 18.6 Å². The summed E-state index contributed by atoms with van der Waals surface area (Å²) in [5, 5.41) is 22.7. The van der Waals surface area contributed by atoms with Crippen molar-refractivity contribution in [1.29, 1.82) is 0 Å². The van der Waals surface area contributed by atoms with Crippen LogP contribution < -0.4 is 5.32 Å². The number of aryl methyl sites for hydroxylation is 2. The largest absolute Gasteiger partial charge is 0.296 e. The number of amides is 1. The monoisotopic (exact) mass is 388 g/mol. The minimum atomic E-state index is -0.584. The zero-order valence-corrected chi connectivity index (χ0v) is 15.0. The van der Waals surface area contributed by atoms with Gasteiger partial charge in [0.25, 0.3) is 11.6 Å². The lowest BCUT2D eigenvalue weighted by Gasteiger charge is -2.03. The number of nitrogens with zero attached hydrogens (tertiary/aromatic N) is 3. The summed E-state index contributed by atoms with van der Waals surface area (Å²) in [6, 6.07) is 13.7. The van der Waals surface area contributed by atoms with E-state index in [-0.39, 0.29) is 16.3 Å². The number of carbonyl (C=O) groups is 1. The van der Waals surface area contributed by atoms with E-state index in [0.717, 1.165) is 17.5 Å². The molecule has 0 radical (unpaired) electrons. The highest BCUT2D eigenvalue weighted by Gasteiger charge is 2.17. The SMILES string of the molecule is O=C(Nc1nnc(CCc2ccccc2)s1)c1cc([N+](=O)[O-])ccc1Cl. The van der Waals surface area contributed by atoms with E-state index in [9.17, 15) is 14.9 Å². The zero-order chi connectivity index (χ0) is 18.5. The Hall–Kier alpha value is -2.84. The van der Waals surface area contributed by atoms with Gasteiger partial charge in [-0.2, -0.15) is 0 Å². The van der Waals surface area contributed by atoms with Gasteiger partial charge < -0.3 is 0 Å². The summed E-state index contributed by atoms with van der Waals surface area (Å²) in [6.45, 7) is 0. The molecule has 3 rings (SSSR count). The Bertz CT molecular complexity index is 946. The van der Waals surface area contributed by atoms with Crippen LogP contribution in [0.1, 0.15) is 20.9 Å². The first-order valence-electron chi connectivity index (χ1n) is 7.64.